The molecule has 1 N–H and O–H groups in total. The van der Waals surface area contributed by atoms with E-state index in [1.165, 1.54) is 36.9 Å². The minimum absolute atomic E-state index is 0.618. The van der Waals surface area contributed by atoms with Gasteiger partial charge in [0.05, 0.1) is 0 Å². The average Bonchev–Trinajstić information content (AvgIpc) is 2.87. The van der Waals surface area contributed by atoms with Crippen LogP contribution in [0.25, 0.3) is 0 Å². The second kappa shape index (κ2) is 4.38. The van der Waals surface area contributed by atoms with Crippen LogP contribution < -0.4 is 5.32 Å². The van der Waals surface area contributed by atoms with Crippen molar-refractivity contribution in [2.24, 2.45) is 11.3 Å². The van der Waals surface area contributed by atoms with Gasteiger partial charge in [-0.1, -0.05) is 43.7 Å². The summed E-state index contributed by atoms with van der Waals surface area (Å²) in [6, 6.07) is 9.86. The first-order valence-electron chi connectivity index (χ1n) is 7.34. The second-order valence-corrected chi connectivity index (χ2v) is 7.07. The van der Waals surface area contributed by atoms with Crippen LogP contribution in [-0.2, 0) is 0 Å². The molecule has 18 heavy (non-hydrogen) atoms. The second-order valence-electron chi connectivity index (χ2n) is 7.07. The molecule has 1 heteroatoms. The zero-order valence-electron chi connectivity index (χ0n) is 11.9. The monoisotopic (exact) mass is 243 g/mol. The molecule has 98 valence electrons. The summed E-state index contributed by atoms with van der Waals surface area (Å²) in [5.74, 6) is 1.73. The normalized spacial score (nSPS) is 32.9. The third-order valence-electron chi connectivity index (χ3n) is 5.06. The Balaban J connectivity index is 1.42. The molecular weight excluding hydrogens is 218 g/mol. The molecule has 0 radical (unpaired) electrons. The van der Waals surface area contributed by atoms with E-state index < -0.39 is 0 Å². The van der Waals surface area contributed by atoms with Crippen LogP contribution in [-0.4, -0.2) is 12.6 Å². The van der Waals surface area contributed by atoms with Crippen molar-refractivity contribution in [3.63, 3.8) is 0 Å². The Morgan fingerprint density at radius 3 is 2.33 bits per heavy atom. The standard InChI is InChI=1S/C17H25N/c1-12-4-6-13(7-5-12)14-8-16(9-14)18-11-15-10-17(15,2)3/h4-7,14-16,18H,8-11H2,1-3H3. The lowest BCUT2D eigenvalue weighted by Gasteiger charge is -2.36. The Kier molecular flexibility index (Phi) is 2.97. The van der Waals surface area contributed by atoms with Crippen molar-refractivity contribution in [1.29, 1.82) is 0 Å². The number of rotatable bonds is 4. The molecule has 1 aromatic carbocycles. The van der Waals surface area contributed by atoms with E-state index in [9.17, 15) is 0 Å². The summed E-state index contributed by atoms with van der Waals surface area (Å²) in [5.41, 5.74) is 3.52. The smallest absolute Gasteiger partial charge is 0.00788 e. The van der Waals surface area contributed by atoms with E-state index in [2.05, 4.69) is 50.4 Å². The quantitative estimate of drug-likeness (QED) is 0.846. The summed E-state index contributed by atoms with van der Waals surface area (Å²) < 4.78 is 0. The van der Waals surface area contributed by atoms with Gasteiger partial charge in [-0.2, -0.15) is 0 Å². The molecule has 0 spiro atoms. The molecule has 0 aliphatic heterocycles. The SMILES string of the molecule is Cc1ccc(C2CC(NCC3CC3(C)C)C2)cc1. The van der Waals surface area contributed by atoms with Gasteiger partial charge in [-0.15, -0.1) is 0 Å². The maximum atomic E-state index is 3.75. The largest absolute Gasteiger partial charge is 0.314 e. The molecule has 2 aliphatic carbocycles. The van der Waals surface area contributed by atoms with Gasteiger partial charge < -0.3 is 5.32 Å². The van der Waals surface area contributed by atoms with Crippen LogP contribution in [0.2, 0.25) is 0 Å². The van der Waals surface area contributed by atoms with E-state index in [1.54, 1.807) is 0 Å². The molecule has 1 nitrogen and oxygen atoms in total. The fourth-order valence-corrected chi connectivity index (χ4v) is 3.13. The molecule has 2 saturated carbocycles. The van der Waals surface area contributed by atoms with Crippen molar-refractivity contribution in [3.05, 3.63) is 35.4 Å². The summed E-state index contributed by atoms with van der Waals surface area (Å²) in [6.45, 7) is 8.16. The minimum Gasteiger partial charge on any atom is -0.314 e. The third-order valence-corrected chi connectivity index (χ3v) is 5.06. The van der Waals surface area contributed by atoms with Crippen molar-refractivity contribution in [2.45, 2.75) is 52.0 Å². The summed E-state index contributed by atoms with van der Waals surface area (Å²) in [5, 5.41) is 3.75. The predicted octanol–water partition coefficient (Wildman–Crippen LogP) is 3.88. The Labute approximate surface area is 111 Å². The first-order chi connectivity index (χ1) is 8.54. The lowest BCUT2D eigenvalue weighted by atomic mass is 9.75. The molecule has 0 saturated heterocycles. The topological polar surface area (TPSA) is 12.0 Å². The Morgan fingerprint density at radius 2 is 1.78 bits per heavy atom. The van der Waals surface area contributed by atoms with E-state index in [1.807, 2.05) is 0 Å². The molecule has 3 rings (SSSR count). The number of benzene rings is 1. The number of aryl methyl sites for hydroxylation is 1. The highest BCUT2D eigenvalue weighted by Crippen LogP contribution is 2.51. The van der Waals surface area contributed by atoms with E-state index in [0.29, 0.717) is 5.41 Å². The van der Waals surface area contributed by atoms with Crippen LogP contribution in [0, 0.1) is 18.3 Å². The molecule has 1 unspecified atom stereocenters. The molecule has 2 aliphatic rings. The highest BCUT2D eigenvalue weighted by Gasteiger charge is 2.45. The van der Waals surface area contributed by atoms with Crippen LogP contribution >= 0.6 is 0 Å². The highest BCUT2D eigenvalue weighted by atomic mass is 14.9. The van der Waals surface area contributed by atoms with E-state index in [0.717, 1.165) is 17.9 Å². The fourth-order valence-electron chi connectivity index (χ4n) is 3.13. The molecule has 0 bridgehead atoms. The molecule has 0 heterocycles. The fraction of sp³-hybridized carbons (Fsp3) is 0.647. The van der Waals surface area contributed by atoms with Crippen molar-refractivity contribution in [2.75, 3.05) is 6.54 Å². The van der Waals surface area contributed by atoms with Gasteiger partial charge in [0, 0.05) is 6.04 Å². The van der Waals surface area contributed by atoms with Gasteiger partial charge in [0.15, 0.2) is 0 Å². The van der Waals surface area contributed by atoms with Crippen LogP contribution in [0.15, 0.2) is 24.3 Å². The minimum atomic E-state index is 0.618. The van der Waals surface area contributed by atoms with Gasteiger partial charge >= 0.3 is 0 Å². The lowest BCUT2D eigenvalue weighted by molar-refractivity contribution is 0.284. The lowest BCUT2D eigenvalue weighted by Crippen LogP contribution is -2.41. The number of hydrogen-bond donors (Lipinski definition) is 1. The predicted molar refractivity (Wildman–Crippen MR) is 76.8 cm³/mol. The van der Waals surface area contributed by atoms with Gasteiger partial charge in [-0.05, 0) is 55.5 Å². The Morgan fingerprint density at radius 1 is 1.17 bits per heavy atom. The zero-order chi connectivity index (χ0) is 12.8. The van der Waals surface area contributed by atoms with E-state index in [-0.39, 0.29) is 0 Å². The Bertz CT molecular complexity index is 412. The number of hydrogen-bond acceptors (Lipinski definition) is 1. The summed E-state index contributed by atoms with van der Waals surface area (Å²) >= 11 is 0. The van der Waals surface area contributed by atoms with Crippen molar-refractivity contribution in [3.8, 4) is 0 Å². The molecule has 1 aromatic rings. The van der Waals surface area contributed by atoms with Crippen LogP contribution in [0.5, 0.6) is 0 Å². The van der Waals surface area contributed by atoms with Gasteiger partial charge in [0.25, 0.3) is 0 Å². The molecule has 0 aromatic heterocycles. The Hall–Kier alpha value is -0.820. The third kappa shape index (κ3) is 2.47. The van der Waals surface area contributed by atoms with Crippen molar-refractivity contribution in [1.82, 2.24) is 5.32 Å². The molecule has 0 amide bonds. The van der Waals surface area contributed by atoms with Gasteiger partial charge in [0.2, 0.25) is 0 Å². The van der Waals surface area contributed by atoms with Gasteiger partial charge in [-0.3, -0.25) is 0 Å². The summed E-state index contributed by atoms with van der Waals surface area (Å²) in [7, 11) is 0. The van der Waals surface area contributed by atoms with Crippen LogP contribution in [0.4, 0.5) is 0 Å². The first kappa shape index (κ1) is 12.2. The maximum Gasteiger partial charge on any atom is 0.00788 e. The summed E-state index contributed by atoms with van der Waals surface area (Å²) in [6.07, 6.45) is 4.07. The summed E-state index contributed by atoms with van der Waals surface area (Å²) in [4.78, 5) is 0. The highest BCUT2D eigenvalue weighted by molar-refractivity contribution is 5.26. The zero-order valence-corrected chi connectivity index (χ0v) is 11.9. The molecule has 2 fully saturated rings. The van der Waals surface area contributed by atoms with Gasteiger partial charge in [-0.25, -0.2) is 0 Å². The van der Waals surface area contributed by atoms with E-state index in [4.69, 9.17) is 0 Å². The van der Waals surface area contributed by atoms with Crippen molar-refractivity contribution < 1.29 is 0 Å². The maximum absolute atomic E-state index is 3.75. The average molecular weight is 243 g/mol. The van der Waals surface area contributed by atoms with Crippen LogP contribution in [0.3, 0.4) is 0 Å². The van der Waals surface area contributed by atoms with Crippen LogP contribution in [0.1, 0.15) is 50.2 Å². The number of nitrogens with one attached hydrogen (secondary N) is 1. The molecular formula is C17H25N. The van der Waals surface area contributed by atoms with E-state index >= 15 is 0 Å². The van der Waals surface area contributed by atoms with Crippen molar-refractivity contribution >= 4 is 0 Å². The van der Waals surface area contributed by atoms with Gasteiger partial charge in [0.1, 0.15) is 0 Å². The molecule has 1 atom stereocenters. The first-order valence-corrected chi connectivity index (χ1v) is 7.34.